The number of rotatable bonds is 0. The van der Waals surface area contributed by atoms with Crippen molar-refractivity contribution in [2.75, 3.05) is 0 Å². The number of fused-ring (bicyclic) bond motifs is 1. The third-order valence-corrected chi connectivity index (χ3v) is 2.57. The smallest absolute Gasteiger partial charge is 0.449 e. The number of alkyl halides is 3. The van der Waals surface area contributed by atoms with Gasteiger partial charge < -0.3 is 4.42 Å². The zero-order valence-electron chi connectivity index (χ0n) is 7.60. The van der Waals surface area contributed by atoms with Crippen LogP contribution in [0, 0.1) is 11.3 Å². The van der Waals surface area contributed by atoms with E-state index in [1.807, 2.05) is 6.07 Å². The molecule has 0 saturated heterocycles. The fourth-order valence-electron chi connectivity index (χ4n) is 1.31. The van der Waals surface area contributed by atoms with Gasteiger partial charge in [0.2, 0.25) is 5.76 Å². The topological polar surface area (TPSA) is 36.9 Å². The molecule has 2 rings (SSSR count). The molecule has 0 saturated carbocycles. The Morgan fingerprint density at radius 1 is 1.25 bits per heavy atom. The molecule has 2 nitrogen and oxygen atoms in total. The lowest BCUT2D eigenvalue weighted by Crippen LogP contribution is -2.01. The predicted octanol–water partition coefficient (Wildman–Crippen LogP) is 4.09. The minimum absolute atomic E-state index is 0.0892. The van der Waals surface area contributed by atoms with Gasteiger partial charge in [-0.15, -0.1) is 0 Å². The molecule has 0 aliphatic rings. The fraction of sp³-hybridized carbons (Fsp3) is 0.100. The van der Waals surface area contributed by atoms with E-state index in [1.165, 1.54) is 12.1 Å². The summed E-state index contributed by atoms with van der Waals surface area (Å²) in [6.45, 7) is 0. The lowest BCUT2D eigenvalue weighted by molar-refractivity contribution is -0.152. The van der Waals surface area contributed by atoms with Crippen LogP contribution in [0.25, 0.3) is 11.0 Å². The van der Waals surface area contributed by atoms with E-state index >= 15 is 0 Å². The molecular weight excluding hydrogens is 287 g/mol. The molecule has 1 aromatic carbocycles. The van der Waals surface area contributed by atoms with Crippen molar-refractivity contribution in [1.82, 2.24) is 0 Å². The Kier molecular flexibility index (Phi) is 2.43. The monoisotopic (exact) mass is 289 g/mol. The molecule has 0 spiro atoms. The van der Waals surface area contributed by atoms with Crippen molar-refractivity contribution in [2.24, 2.45) is 0 Å². The van der Waals surface area contributed by atoms with Gasteiger partial charge in [0, 0.05) is 5.39 Å². The number of benzene rings is 1. The van der Waals surface area contributed by atoms with Crippen molar-refractivity contribution in [2.45, 2.75) is 6.18 Å². The molecule has 0 aliphatic heterocycles. The quantitative estimate of drug-likeness (QED) is 0.733. The third kappa shape index (κ3) is 1.78. The van der Waals surface area contributed by atoms with Crippen LogP contribution in [0.15, 0.2) is 27.1 Å². The van der Waals surface area contributed by atoms with Crippen molar-refractivity contribution < 1.29 is 17.6 Å². The van der Waals surface area contributed by atoms with Gasteiger partial charge in [-0.2, -0.15) is 18.4 Å². The molecule has 0 bridgehead atoms. The summed E-state index contributed by atoms with van der Waals surface area (Å²) >= 11 is 3.06. The summed E-state index contributed by atoms with van der Waals surface area (Å²) in [5, 5.41) is 8.91. The Balaban J connectivity index is 2.72. The first-order valence-corrected chi connectivity index (χ1v) is 4.91. The van der Waals surface area contributed by atoms with E-state index in [1.54, 1.807) is 0 Å². The van der Waals surface area contributed by atoms with Crippen LogP contribution in [0.4, 0.5) is 13.2 Å². The summed E-state index contributed by atoms with van der Waals surface area (Å²) in [6, 6.07) is 5.49. The number of furan rings is 1. The molecule has 0 radical (unpaired) electrons. The Hall–Kier alpha value is -1.48. The molecule has 0 unspecified atom stereocenters. The zero-order chi connectivity index (χ0) is 11.9. The van der Waals surface area contributed by atoms with Crippen LogP contribution < -0.4 is 0 Å². The van der Waals surface area contributed by atoms with Gasteiger partial charge in [0.25, 0.3) is 0 Å². The molecule has 0 atom stereocenters. The highest BCUT2D eigenvalue weighted by atomic mass is 79.9. The average molecular weight is 290 g/mol. The van der Waals surface area contributed by atoms with Crippen LogP contribution in [0.1, 0.15) is 11.3 Å². The highest BCUT2D eigenvalue weighted by Crippen LogP contribution is 2.36. The van der Waals surface area contributed by atoms with Gasteiger partial charge in [0.05, 0.1) is 16.1 Å². The van der Waals surface area contributed by atoms with Crippen LogP contribution >= 0.6 is 15.9 Å². The number of nitriles is 1. The van der Waals surface area contributed by atoms with Crippen LogP contribution in [-0.2, 0) is 6.18 Å². The van der Waals surface area contributed by atoms with E-state index in [0.717, 1.165) is 6.07 Å². The number of halogens is 4. The summed E-state index contributed by atoms with van der Waals surface area (Å²) < 4.78 is 42.1. The predicted molar refractivity (Wildman–Crippen MR) is 53.6 cm³/mol. The maximum absolute atomic E-state index is 12.4. The van der Waals surface area contributed by atoms with Gasteiger partial charge >= 0.3 is 6.18 Å². The first-order chi connectivity index (χ1) is 7.41. The molecule has 0 amide bonds. The van der Waals surface area contributed by atoms with Crippen molar-refractivity contribution in [3.8, 4) is 6.07 Å². The summed E-state index contributed by atoms with van der Waals surface area (Å²) in [4.78, 5) is 0. The van der Waals surface area contributed by atoms with E-state index in [2.05, 4.69) is 20.3 Å². The van der Waals surface area contributed by atoms with Crippen LogP contribution in [0.3, 0.4) is 0 Å². The summed E-state index contributed by atoms with van der Waals surface area (Å²) in [5.74, 6) is -1.07. The van der Waals surface area contributed by atoms with E-state index in [-0.39, 0.29) is 16.5 Å². The van der Waals surface area contributed by atoms with Crippen LogP contribution in [-0.4, -0.2) is 0 Å². The van der Waals surface area contributed by atoms with E-state index in [0.29, 0.717) is 4.47 Å². The van der Waals surface area contributed by atoms with Gasteiger partial charge in [0.1, 0.15) is 5.58 Å². The Morgan fingerprint density at radius 3 is 2.50 bits per heavy atom. The van der Waals surface area contributed by atoms with Crippen molar-refractivity contribution >= 4 is 26.9 Å². The maximum Gasteiger partial charge on any atom is 0.449 e. The normalized spacial score (nSPS) is 11.7. The highest BCUT2D eigenvalue weighted by Gasteiger charge is 2.35. The maximum atomic E-state index is 12.4. The first-order valence-electron chi connectivity index (χ1n) is 4.12. The second-order valence-corrected chi connectivity index (χ2v) is 3.95. The molecule has 0 aliphatic carbocycles. The molecule has 16 heavy (non-hydrogen) atoms. The number of nitrogens with zero attached hydrogens (tertiary/aromatic N) is 1. The molecule has 1 heterocycles. The van der Waals surface area contributed by atoms with Gasteiger partial charge in [-0.05, 0) is 34.1 Å². The van der Waals surface area contributed by atoms with Crippen molar-refractivity contribution in [1.29, 1.82) is 5.26 Å². The molecule has 6 heteroatoms. The van der Waals surface area contributed by atoms with Crippen LogP contribution in [0.2, 0.25) is 0 Å². The molecule has 0 fully saturated rings. The zero-order valence-corrected chi connectivity index (χ0v) is 9.19. The Morgan fingerprint density at radius 2 is 1.94 bits per heavy atom. The second-order valence-electron chi connectivity index (χ2n) is 3.10. The fourth-order valence-corrected chi connectivity index (χ4v) is 1.87. The lowest BCUT2D eigenvalue weighted by Gasteiger charge is -1.99. The molecule has 0 N–H and O–H groups in total. The summed E-state index contributed by atoms with van der Waals surface area (Å²) in [6.07, 6.45) is -4.52. The number of hydrogen-bond acceptors (Lipinski definition) is 2. The summed E-state index contributed by atoms with van der Waals surface area (Å²) in [5.41, 5.74) is 0.361. The second kappa shape index (κ2) is 3.52. The lowest BCUT2D eigenvalue weighted by atomic mass is 10.2. The van der Waals surface area contributed by atoms with E-state index in [9.17, 15) is 13.2 Å². The highest BCUT2D eigenvalue weighted by molar-refractivity contribution is 9.10. The Bertz CT molecular complexity index is 594. The van der Waals surface area contributed by atoms with Gasteiger partial charge in [0.15, 0.2) is 0 Å². The van der Waals surface area contributed by atoms with Gasteiger partial charge in [-0.3, -0.25) is 0 Å². The third-order valence-electron chi connectivity index (χ3n) is 1.98. The van der Waals surface area contributed by atoms with Crippen molar-refractivity contribution in [3.05, 3.63) is 34.0 Å². The molecule has 2 aromatic rings. The standard InChI is InChI=1S/C10H3BrF3NO/c11-7-2-5(4-15)1-6-3-8(10(12,13)14)16-9(6)7/h1-3H. The van der Waals surface area contributed by atoms with E-state index < -0.39 is 11.9 Å². The SMILES string of the molecule is N#Cc1cc(Br)c2oc(C(F)(F)F)cc2c1. The van der Waals surface area contributed by atoms with Gasteiger partial charge in [-0.1, -0.05) is 0 Å². The molecule has 1 aromatic heterocycles. The average Bonchev–Trinajstić information content (AvgIpc) is 2.61. The molecule has 82 valence electrons. The van der Waals surface area contributed by atoms with Crippen molar-refractivity contribution in [3.63, 3.8) is 0 Å². The minimum Gasteiger partial charge on any atom is -0.450 e. The number of hydrogen-bond donors (Lipinski definition) is 0. The van der Waals surface area contributed by atoms with E-state index in [4.69, 9.17) is 5.26 Å². The minimum atomic E-state index is -4.52. The largest absolute Gasteiger partial charge is 0.450 e. The Labute approximate surface area is 96.4 Å². The molecular formula is C10H3BrF3NO. The van der Waals surface area contributed by atoms with Crippen LogP contribution in [0.5, 0.6) is 0 Å². The summed E-state index contributed by atoms with van der Waals surface area (Å²) in [7, 11) is 0. The first kappa shape index (κ1) is 11.0. The van der Waals surface area contributed by atoms with Gasteiger partial charge in [-0.25, -0.2) is 0 Å².